The molecule has 0 atom stereocenters. The number of nitrogens with one attached hydrogen (secondary N) is 1. The van der Waals surface area contributed by atoms with Crippen LogP contribution in [0.25, 0.3) is 0 Å². The first-order valence-corrected chi connectivity index (χ1v) is 5.97. The first-order chi connectivity index (χ1) is 8.29. The number of rotatable bonds is 8. The van der Waals surface area contributed by atoms with Gasteiger partial charge in [0.15, 0.2) is 0 Å². The van der Waals surface area contributed by atoms with Crippen molar-refractivity contribution in [2.24, 2.45) is 0 Å². The largest absolute Gasteiger partial charge is 0.382 e. The maximum Gasteiger partial charge on any atom is 0.137 e. The average Bonchev–Trinajstić information content (AvgIpc) is 2.34. The molecule has 96 valence electrons. The molecule has 5 nitrogen and oxygen atoms in total. The van der Waals surface area contributed by atoms with Crippen molar-refractivity contribution in [3.8, 4) is 0 Å². The summed E-state index contributed by atoms with van der Waals surface area (Å²) in [5, 5.41) is 3.69. The summed E-state index contributed by atoms with van der Waals surface area (Å²) in [6, 6.07) is 0. The van der Waals surface area contributed by atoms with Crippen LogP contribution in [0.4, 0.5) is 5.82 Å². The Kier molecular flexibility index (Phi) is 6.84. The van der Waals surface area contributed by atoms with E-state index < -0.39 is 0 Å². The van der Waals surface area contributed by atoms with E-state index in [0.29, 0.717) is 31.5 Å². The molecule has 1 aromatic heterocycles. The average molecular weight is 260 g/mol. The van der Waals surface area contributed by atoms with Crippen LogP contribution in [0, 0.1) is 0 Å². The highest BCUT2D eigenvalue weighted by Gasteiger charge is 2.06. The maximum atomic E-state index is 5.97. The van der Waals surface area contributed by atoms with E-state index in [1.54, 1.807) is 7.11 Å². The van der Waals surface area contributed by atoms with Gasteiger partial charge in [-0.25, -0.2) is 9.97 Å². The minimum Gasteiger partial charge on any atom is -0.382 e. The van der Waals surface area contributed by atoms with Crippen molar-refractivity contribution in [1.29, 1.82) is 0 Å². The lowest BCUT2D eigenvalue weighted by molar-refractivity contribution is 0.0759. The Labute approximate surface area is 107 Å². The molecular formula is C11H18ClN3O2. The molecule has 1 rings (SSSR count). The monoisotopic (exact) mass is 259 g/mol. The second-order valence-corrected chi connectivity index (χ2v) is 3.74. The molecule has 0 fully saturated rings. The van der Waals surface area contributed by atoms with Crippen LogP contribution >= 0.6 is 11.6 Å². The molecule has 6 heteroatoms. The van der Waals surface area contributed by atoms with Crippen molar-refractivity contribution in [2.45, 2.75) is 13.3 Å². The molecule has 1 N–H and O–H groups in total. The van der Waals surface area contributed by atoms with Gasteiger partial charge in [-0.1, -0.05) is 18.5 Å². The summed E-state index contributed by atoms with van der Waals surface area (Å²) in [5.41, 5.74) is 0.936. The van der Waals surface area contributed by atoms with Gasteiger partial charge in [0.2, 0.25) is 0 Å². The topological polar surface area (TPSA) is 56.3 Å². The highest BCUT2D eigenvalue weighted by Crippen LogP contribution is 2.19. The van der Waals surface area contributed by atoms with Gasteiger partial charge in [-0.2, -0.15) is 0 Å². The molecule has 0 spiro atoms. The Morgan fingerprint density at radius 3 is 2.82 bits per heavy atom. The van der Waals surface area contributed by atoms with Crippen LogP contribution in [-0.2, 0) is 15.9 Å². The number of hydrogen-bond acceptors (Lipinski definition) is 5. The fourth-order valence-corrected chi connectivity index (χ4v) is 1.61. The molecule has 0 amide bonds. The van der Waals surface area contributed by atoms with Crippen molar-refractivity contribution in [2.75, 3.05) is 38.8 Å². The van der Waals surface area contributed by atoms with Crippen LogP contribution in [0.3, 0.4) is 0 Å². The summed E-state index contributed by atoms with van der Waals surface area (Å²) in [5.74, 6) is 0.780. The van der Waals surface area contributed by atoms with Crippen molar-refractivity contribution in [3.05, 3.63) is 17.0 Å². The van der Waals surface area contributed by atoms with Gasteiger partial charge in [0, 0.05) is 19.2 Å². The van der Waals surface area contributed by atoms with Crippen molar-refractivity contribution in [1.82, 2.24) is 9.97 Å². The van der Waals surface area contributed by atoms with E-state index in [2.05, 4.69) is 15.3 Å². The second kappa shape index (κ2) is 8.22. The van der Waals surface area contributed by atoms with E-state index in [-0.39, 0.29) is 0 Å². The molecule has 0 saturated carbocycles. The lowest BCUT2D eigenvalue weighted by Crippen LogP contribution is -2.14. The van der Waals surface area contributed by atoms with Crippen LogP contribution in [-0.4, -0.2) is 43.4 Å². The maximum absolute atomic E-state index is 5.97. The SMILES string of the molecule is CCc1c(Cl)ncnc1NCCOCCOC. The van der Waals surface area contributed by atoms with Gasteiger partial charge in [-0.15, -0.1) is 0 Å². The summed E-state index contributed by atoms with van der Waals surface area (Å²) >= 11 is 5.97. The smallest absolute Gasteiger partial charge is 0.137 e. The van der Waals surface area contributed by atoms with Crippen LogP contribution in [0.5, 0.6) is 0 Å². The van der Waals surface area contributed by atoms with Gasteiger partial charge in [-0.05, 0) is 6.42 Å². The van der Waals surface area contributed by atoms with Gasteiger partial charge in [-0.3, -0.25) is 0 Å². The lowest BCUT2D eigenvalue weighted by atomic mass is 10.2. The third kappa shape index (κ3) is 4.85. The van der Waals surface area contributed by atoms with E-state index >= 15 is 0 Å². The Morgan fingerprint density at radius 2 is 2.12 bits per heavy atom. The molecule has 0 bridgehead atoms. The van der Waals surface area contributed by atoms with Crippen molar-refractivity contribution >= 4 is 17.4 Å². The summed E-state index contributed by atoms with van der Waals surface area (Å²) in [6.45, 7) is 4.52. The second-order valence-electron chi connectivity index (χ2n) is 3.38. The number of aromatic nitrogens is 2. The normalized spacial score (nSPS) is 10.5. The molecular weight excluding hydrogens is 242 g/mol. The Balaban J connectivity index is 2.33. The zero-order valence-electron chi connectivity index (χ0n) is 10.2. The first-order valence-electron chi connectivity index (χ1n) is 5.59. The Hall–Kier alpha value is -0.910. The van der Waals surface area contributed by atoms with E-state index in [9.17, 15) is 0 Å². The number of halogens is 1. The van der Waals surface area contributed by atoms with E-state index in [1.165, 1.54) is 6.33 Å². The van der Waals surface area contributed by atoms with E-state index in [4.69, 9.17) is 21.1 Å². The lowest BCUT2D eigenvalue weighted by Gasteiger charge is -2.10. The predicted octanol–water partition coefficient (Wildman–Crippen LogP) is 1.77. The summed E-state index contributed by atoms with van der Waals surface area (Å²) in [6.07, 6.45) is 2.25. The van der Waals surface area contributed by atoms with E-state index in [0.717, 1.165) is 17.8 Å². The number of anilines is 1. The number of methoxy groups -OCH3 is 1. The third-order valence-corrected chi connectivity index (χ3v) is 2.54. The highest BCUT2D eigenvalue weighted by molar-refractivity contribution is 6.30. The number of ether oxygens (including phenoxy) is 2. The van der Waals surface area contributed by atoms with Crippen molar-refractivity contribution in [3.63, 3.8) is 0 Å². The predicted molar refractivity (Wildman–Crippen MR) is 67.6 cm³/mol. The summed E-state index contributed by atoms with van der Waals surface area (Å²) < 4.78 is 10.2. The molecule has 1 aromatic rings. The molecule has 0 aliphatic carbocycles. The Morgan fingerprint density at radius 1 is 1.29 bits per heavy atom. The van der Waals surface area contributed by atoms with Gasteiger partial charge >= 0.3 is 0 Å². The molecule has 0 aromatic carbocycles. The molecule has 17 heavy (non-hydrogen) atoms. The van der Waals surface area contributed by atoms with Gasteiger partial charge in [0.05, 0.1) is 19.8 Å². The Bertz CT molecular complexity index is 336. The van der Waals surface area contributed by atoms with Crippen LogP contribution in [0.1, 0.15) is 12.5 Å². The zero-order valence-corrected chi connectivity index (χ0v) is 11.0. The fraction of sp³-hybridized carbons (Fsp3) is 0.636. The zero-order chi connectivity index (χ0) is 12.5. The number of nitrogens with zero attached hydrogens (tertiary/aromatic N) is 2. The van der Waals surface area contributed by atoms with Gasteiger partial charge in [0.1, 0.15) is 17.3 Å². The van der Waals surface area contributed by atoms with Gasteiger partial charge in [0.25, 0.3) is 0 Å². The third-order valence-electron chi connectivity index (χ3n) is 2.22. The highest BCUT2D eigenvalue weighted by atomic mass is 35.5. The molecule has 0 saturated heterocycles. The van der Waals surface area contributed by atoms with Crippen LogP contribution in [0.15, 0.2) is 6.33 Å². The van der Waals surface area contributed by atoms with Crippen LogP contribution in [0.2, 0.25) is 5.15 Å². The minimum absolute atomic E-state index is 0.505. The standard InChI is InChI=1S/C11H18ClN3O2/c1-3-9-10(12)14-8-15-11(9)13-4-5-17-7-6-16-2/h8H,3-7H2,1-2H3,(H,13,14,15). The minimum atomic E-state index is 0.505. The molecule has 0 aliphatic heterocycles. The summed E-state index contributed by atoms with van der Waals surface area (Å²) in [7, 11) is 1.65. The summed E-state index contributed by atoms with van der Waals surface area (Å²) in [4.78, 5) is 8.10. The van der Waals surface area contributed by atoms with Gasteiger partial charge < -0.3 is 14.8 Å². The molecule has 0 radical (unpaired) electrons. The fourth-order valence-electron chi connectivity index (χ4n) is 1.34. The van der Waals surface area contributed by atoms with E-state index in [1.807, 2.05) is 6.92 Å². The molecule has 0 aliphatic rings. The quantitative estimate of drug-likeness (QED) is 0.570. The molecule has 1 heterocycles. The van der Waals surface area contributed by atoms with Crippen molar-refractivity contribution < 1.29 is 9.47 Å². The molecule has 0 unspecified atom stereocenters. The first kappa shape index (κ1) is 14.2. The number of hydrogen-bond donors (Lipinski definition) is 1. The van der Waals surface area contributed by atoms with Crippen LogP contribution < -0.4 is 5.32 Å².